The lowest BCUT2D eigenvalue weighted by molar-refractivity contribution is 0.302. The van der Waals surface area contributed by atoms with Gasteiger partial charge < -0.3 is 10.1 Å². The Morgan fingerprint density at radius 2 is 1.75 bits per heavy atom. The van der Waals surface area contributed by atoms with E-state index >= 15 is 0 Å². The zero-order chi connectivity index (χ0) is 22.0. The lowest BCUT2D eigenvalue weighted by Crippen LogP contribution is -2.16. The Kier molecular flexibility index (Phi) is 8.14. The molecule has 0 radical (unpaired) electrons. The topological polar surface area (TPSA) is 64.9 Å². The minimum Gasteiger partial charge on any atom is -0.489 e. The van der Waals surface area contributed by atoms with Crippen LogP contribution in [0.4, 0.5) is 0 Å². The first-order valence-corrected chi connectivity index (χ1v) is 11.8. The van der Waals surface area contributed by atoms with Gasteiger partial charge in [-0.25, -0.2) is 0 Å². The number of thioether (sulfide) groups is 1. The van der Waals surface area contributed by atoms with E-state index in [1.807, 2.05) is 66.7 Å². The third kappa shape index (κ3) is 6.32. The number of rotatable bonds is 11. The average molecular weight is 466 g/mol. The number of para-hydroxylation sites is 1. The summed E-state index contributed by atoms with van der Waals surface area (Å²) < 4.78 is 7.80. The summed E-state index contributed by atoms with van der Waals surface area (Å²) in [6.45, 7) is 2.09. The fourth-order valence-electron chi connectivity index (χ4n) is 3.15. The molecule has 1 aromatic heterocycles. The highest BCUT2D eigenvalue weighted by atomic mass is 35.5. The normalized spacial score (nSPS) is 10.9. The van der Waals surface area contributed by atoms with Gasteiger partial charge in [-0.05, 0) is 59.3 Å². The number of aromatic nitrogens is 4. The van der Waals surface area contributed by atoms with Gasteiger partial charge in [0, 0.05) is 22.9 Å². The molecule has 0 aliphatic carbocycles. The monoisotopic (exact) mass is 465 g/mol. The Hall–Kier alpha value is -2.87. The number of hydrogen-bond donors (Lipinski definition) is 1. The van der Waals surface area contributed by atoms with Crippen molar-refractivity contribution in [3.63, 3.8) is 0 Å². The van der Waals surface area contributed by atoms with Gasteiger partial charge in [0.1, 0.15) is 12.4 Å². The van der Waals surface area contributed by atoms with Crippen LogP contribution in [0, 0.1) is 0 Å². The third-order valence-corrected chi connectivity index (χ3v) is 5.99. The highest BCUT2D eigenvalue weighted by Gasteiger charge is 2.09. The van der Waals surface area contributed by atoms with Crippen LogP contribution in [0.5, 0.6) is 5.75 Å². The molecule has 0 fully saturated rings. The van der Waals surface area contributed by atoms with Crippen molar-refractivity contribution in [2.75, 3.05) is 12.3 Å². The highest BCUT2D eigenvalue weighted by molar-refractivity contribution is 7.99. The SMILES string of the molecule is Clc1ccc(OCc2ccccc2)c(CNCCCSc2nnnn2-c2ccccc2)c1. The first kappa shape index (κ1) is 22.3. The maximum atomic E-state index is 6.21. The van der Waals surface area contributed by atoms with Gasteiger partial charge in [-0.15, -0.1) is 5.10 Å². The summed E-state index contributed by atoms with van der Waals surface area (Å²) in [5.41, 5.74) is 3.15. The standard InChI is InChI=1S/C24H24ClN5OS/c25-21-12-13-23(31-18-19-8-3-1-4-9-19)20(16-21)17-26-14-7-15-32-24-27-28-29-30(24)22-10-5-2-6-11-22/h1-6,8-13,16,26H,7,14-15,17-18H2. The van der Waals surface area contributed by atoms with E-state index in [1.165, 1.54) is 0 Å². The second kappa shape index (κ2) is 11.7. The molecular weight excluding hydrogens is 442 g/mol. The van der Waals surface area contributed by atoms with Crippen molar-refractivity contribution in [1.29, 1.82) is 0 Å². The lowest BCUT2D eigenvalue weighted by Gasteiger charge is -2.13. The van der Waals surface area contributed by atoms with Crippen LogP contribution in [0.1, 0.15) is 17.5 Å². The summed E-state index contributed by atoms with van der Waals surface area (Å²) >= 11 is 7.86. The smallest absolute Gasteiger partial charge is 0.214 e. The number of tetrazole rings is 1. The van der Waals surface area contributed by atoms with Crippen LogP contribution in [-0.4, -0.2) is 32.5 Å². The van der Waals surface area contributed by atoms with E-state index in [1.54, 1.807) is 16.4 Å². The molecule has 0 bridgehead atoms. The number of halogens is 1. The molecule has 0 saturated heterocycles. The van der Waals surface area contributed by atoms with Crippen molar-refractivity contribution in [2.45, 2.75) is 24.7 Å². The van der Waals surface area contributed by atoms with Crippen molar-refractivity contribution in [3.8, 4) is 11.4 Å². The van der Waals surface area contributed by atoms with Gasteiger partial charge in [0.15, 0.2) is 0 Å². The van der Waals surface area contributed by atoms with E-state index in [4.69, 9.17) is 16.3 Å². The molecule has 32 heavy (non-hydrogen) atoms. The van der Waals surface area contributed by atoms with Crippen LogP contribution in [0.15, 0.2) is 84.0 Å². The van der Waals surface area contributed by atoms with Crippen molar-refractivity contribution >= 4 is 23.4 Å². The second-order valence-electron chi connectivity index (χ2n) is 7.11. The molecule has 0 aliphatic heterocycles. The van der Waals surface area contributed by atoms with Gasteiger partial charge in [0.2, 0.25) is 5.16 Å². The molecule has 4 aromatic rings. The van der Waals surface area contributed by atoms with Gasteiger partial charge in [-0.3, -0.25) is 0 Å². The molecule has 164 valence electrons. The number of nitrogens with zero attached hydrogens (tertiary/aromatic N) is 4. The molecule has 4 rings (SSSR count). The predicted octanol–water partition coefficient (Wildman–Crippen LogP) is 5.17. The highest BCUT2D eigenvalue weighted by Crippen LogP contribution is 2.24. The molecule has 0 atom stereocenters. The molecule has 1 heterocycles. The zero-order valence-corrected chi connectivity index (χ0v) is 19.1. The van der Waals surface area contributed by atoms with Gasteiger partial charge in [-0.2, -0.15) is 4.68 Å². The predicted molar refractivity (Wildman–Crippen MR) is 128 cm³/mol. The van der Waals surface area contributed by atoms with Crippen LogP contribution in [0.2, 0.25) is 5.02 Å². The quantitative estimate of drug-likeness (QED) is 0.243. The number of nitrogens with one attached hydrogen (secondary N) is 1. The van der Waals surface area contributed by atoms with E-state index in [-0.39, 0.29) is 0 Å². The van der Waals surface area contributed by atoms with Crippen molar-refractivity contribution in [1.82, 2.24) is 25.5 Å². The summed E-state index contributed by atoms with van der Waals surface area (Å²) in [4.78, 5) is 0. The van der Waals surface area contributed by atoms with Gasteiger partial charge >= 0.3 is 0 Å². The van der Waals surface area contributed by atoms with Crippen LogP contribution >= 0.6 is 23.4 Å². The Morgan fingerprint density at radius 1 is 0.969 bits per heavy atom. The molecule has 1 N–H and O–H groups in total. The van der Waals surface area contributed by atoms with Crippen LogP contribution in [0.25, 0.3) is 5.69 Å². The Morgan fingerprint density at radius 3 is 2.56 bits per heavy atom. The lowest BCUT2D eigenvalue weighted by atomic mass is 10.2. The molecule has 8 heteroatoms. The van der Waals surface area contributed by atoms with Crippen molar-refractivity contribution < 1.29 is 4.74 Å². The van der Waals surface area contributed by atoms with E-state index in [0.29, 0.717) is 18.2 Å². The van der Waals surface area contributed by atoms with Crippen molar-refractivity contribution in [2.24, 2.45) is 0 Å². The van der Waals surface area contributed by atoms with E-state index < -0.39 is 0 Å². The average Bonchev–Trinajstić information content (AvgIpc) is 3.30. The van der Waals surface area contributed by atoms with E-state index in [9.17, 15) is 0 Å². The Labute approximate surface area is 197 Å². The van der Waals surface area contributed by atoms with Crippen LogP contribution < -0.4 is 10.1 Å². The molecule has 6 nitrogen and oxygen atoms in total. The summed E-state index contributed by atoms with van der Waals surface area (Å²) in [7, 11) is 0. The first-order valence-electron chi connectivity index (χ1n) is 10.4. The Bertz CT molecular complexity index is 1110. The summed E-state index contributed by atoms with van der Waals surface area (Å²) in [6, 6.07) is 25.8. The molecular formula is C24H24ClN5OS. The molecule has 0 amide bonds. The maximum absolute atomic E-state index is 6.21. The van der Waals surface area contributed by atoms with Gasteiger partial charge in [0.25, 0.3) is 0 Å². The number of ether oxygens (including phenoxy) is 1. The molecule has 3 aromatic carbocycles. The molecule has 0 unspecified atom stereocenters. The van der Waals surface area contributed by atoms with Crippen LogP contribution in [-0.2, 0) is 13.2 Å². The van der Waals surface area contributed by atoms with E-state index in [0.717, 1.165) is 46.4 Å². The summed E-state index contributed by atoms with van der Waals surface area (Å²) in [5, 5.41) is 17.0. The number of benzene rings is 3. The fourth-order valence-corrected chi connectivity index (χ4v) is 4.17. The summed E-state index contributed by atoms with van der Waals surface area (Å²) in [6.07, 6.45) is 0.979. The molecule has 0 saturated carbocycles. The zero-order valence-electron chi connectivity index (χ0n) is 17.5. The fraction of sp³-hybridized carbons (Fsp3) is 0.208. The van der Waals surface area contributed by atoms with E-state index in [2.05, 4.69) is 33.0 Å². The van der Waals surface area contributed by atoms with Gasteiger partial charge in [0.05, 0.1) is 5.69 Å². The van der Waals surface area contributed by atoms with Crippen LogP contribution in [0.3, 0.4) is 0 Å². The largest absolute Gasteiger partial charge is 0.489 e. The second-order valence-corrected chi connectivity index (χ2v) is 8.61. The number of hydrogen-bond acceptors (Lipinski definition) is 6. The third-order valence-electron chi connectivity index (χ3n) is 4.75. The summed E-state index contributed by atoms with van der Waals surface area (Å²) in [5.74, 6) is 1.76. The minimum absolute atomic E-state index is 0.530. The Balaban J connectivity index is 1.23. The van der Waals surface area contributed by atoms with Gasteiger partial charge in [-0.1, -0.05) is 71.9 Å². The molecule has 0 spiro atoms. The first-order chi connectivity index (χ1) is 15.8. The maximum Gasteiger partial charge on any atom is 0.214 e. The molecule has 0 aliphatic rings. The minimum atomic E-state index is 0.530. The van der Waals surface area contributed by atoms with Crippen molar-refractivity contribution in [3.05, 3.63) is 95.0 Å².